The lowest BCUT2D eigenvalue weighted by Gasteiger charge is -2.01. The van der Waals surface area contributed by atoms with Gasteiger partial charge < -0.3 is 10.8 Å². The highest BCUT2D eigenvalue weighted by Gasteiger charge is 2.06. The van der Waals surface area contributed by atoms with E-state index < -0.39 is 19.0 Å². The van der Waals surface area contributed by atoms with E-state index in [0.717, 1.165) is 4.68 Å². The Kier molecular flexibility index (Phi) is 1.11. The van der Waals surface area contributed by atoms with Crippen molar-refractivity contribution in [1.29, 1.82) is 0 Å². The summed E-state index contributed by atoms with van der Waals surface area (Å²) in [5.41, 5.74) is 4.81. The zero-order valence-electron chi connectivity index (χ0n) is 8.56. The monoisotopic (exact) mass is 158 g/mol. The average molecular weight is 158 g/mol. The molecule has 0 aromatic carbocycles. The van der Waals surface area contributed by atoms with Gasteiger partial charge in [-0.05, 0) is 12.9 Å². The molecule has 0 bridgehead atoms. The molecule has 1 unspecified atom stereocenters. The molecule has 5 nitrogen and oxygen atoms in total. The van der Waals surface area contributed by atoms with Gasteiger partial charge in [-0.25, -0.2) is 4.68 Å². The van der Waals surface area contributed by atoms with Crippen molar-refractivity contribution in [2.75, 3.05) is 0 Å². The number of aliphatic hydroxyl groups is 1. The minimum atomic E-state index is -2.58. The Hall–Kier alpha value is -1.36. The van der Waals surface area contributed by atoms with Crippen molar-refractivity contribution >= 4 is 5.91 Å². The number of amides is 1. The third-order valence-corrected chi connectivity index (χ3v) is 1.11. The number of carbonyl (C=O) groups is 1. The largest absolute Gasteiger partial charge is 0.372 e. The highest BCUT2D eigenvalue weighted by Crippen LogP contribution is 2.00. The molecule has 0 spiro atoms. The molecular formula is C6H9N3O2. The summed E-state index contributed by atoms with van der Waals surface area (Å²) in [4.78, 5) is 10.6. The Labute approximate surface area is 67.6 Å². The molecule has 0 radical (unpaired) electrons. The second-order valence-corrected chi connectivity index (χ2v) is 1.92. The summed E-state index contributed by atoms with van der Waals surface area (Å²) in [7, 11) is 0. The van der Waals surface area contributed by atoms with Crippen LogP contribution >= 0.6 is 0 Å². The normalized spacial score (nSPS) is 18.1. The van der Waals surface area contributed by atoms with E-state index in [1.807, 2.05) is 0 Å². The number of carbonyl (C=O) groups excluding carboxylic acids is 1. The number of nitrogens with zero attached hydrogens (tertiary/aromatic N) is 2. The van der Waals surface area contributed by atoms with Gasteiger partial charge in [0.15, 0.2) is 0 Å². The van der Waals surface area contributed by atoms with Crippen LogP contribution < -0.4 is 5.73 Å². The van der Waals surface area contributed by atoms with Crippen LogP contribution in [0.4, 0.5) is 0 Å². The molecule has 0 fully saturated rings. The van der Waals surface area contributed by atoms with Crippen molar-refractivity contribution < 1.29 is 14.0 Å². The van der Waals surface area contributed by atoms with E-state index in [1.54, 1.807) is 0 Å². The minimum absolute atomic E-state index is 0.0895. The van der Waals surface area contributed by atoms with Crippen LogP contribution in [0, 0.1) is 0 Å². The summed E-state index contributed by atoms with van der Waals surface area (Å²) in [5.74, 6) is -0.776. The zero-order chi connectivity index (χ0) is 10.9. The third-order valence-electron chi connectivity index (χ3n) is 1.11. The van der Waals surface area contributed by atoms with E-state index in [-0.39, 0.29) is 5.69 Å². The Balaban J connectivity index is 2.92. The van der Waals surface area contributed by atoms with Crippen LogP contribution in [0.15, 0.2) is 12.3 Å². The fraction of sp³-hybridized carbons (Fsp3) is 0.333. The predicted molar refractivity (Wildman–Crippen MR) is 37.7 cm³/mol. The zero-order valence-corrected chi connectivity index (χ0v) is 5.56. The Morgan fingerprint density at radius 3 is 3.27 bits per heavy atom. The van der Waals surface area contributed by atoms with Crippen molar-refractivity contribution in [2.24, 2.45) is 5.73 Å². The number of hydrogen-bond acceptors (Lipinski definition) is 3. The molecule has 1 rings (SSSR count). The van der Waals surface area contributed by atoms with Gasteiger partial charge in [0.25, 0.3) is 5.91 Å². The summed E-state index contributed by atoms with van der Waals surface area (Å²) < 4.78 is 21.5. The van der Waals surface area contributed by atoms with E-state index in [2.05, 4.69) is 5.10 Å². The molecule has 1 aromatic rings. The molecule has 0 saturated heterocycles. The number of aliphatic hydroxyl groups excluding tert-OH is 1. The second-order valence-electron chi connectivity index (χ2n) is 1.92. The van der Waals surface area contributed by atoms with Crippen LogP contribution in [-0.4, -0.2) is 20.8 Å². The number of nitrogens with two attached hydrogens (primary N) is 1. The first-order chi connectivity index (χ1) is 6.32. The number of primary amides is 1. The smallest absolute Gasteiger partial charge is 0.269 e. The van der Waals surface area contributed by atoms with Gasteiger partial charge in [0.05, 0.1) is 0 Å². The fourth-order valence-corrected chi connectivity index (χ4v) is 0.606. The van der Waals surface area contributed by atoms with E-state index in [9.17, 15) is 9.90 Å². The van der Waals surface area contributed by atoms with Crippen molar-refractivity contribution in [1.82, 2.24) is 9.78 Å². The second kappa shape index (κ2) is 2.71. The first-order valence-corrected chi connectivity index (χ1v) is 2.85. The average Bonchev–Trinajstić information content (AvgIpc) is 2.48. The van der Waals surface area contributed by atoms with Crippen molar-refractivity contribution in [3.63, 3.8) is 0 Å². The highest BCUT2D eigenvalue weighted by molar-refractivity contribution is 5.90. The summed E-state index contributed by atoms with van der Waals surface area (Å²) >= 11 is 0. The first-order valence-electron chi connectivity index (χ1n) is 4.35. The molecule has 1 atom stereocenters. The molecule has 1 heterocycles. The van der Waals surface area contributed by atoms with Crippen molar-refractivity contribution in [3.05, 3.63) is 18.0 Å². The van der Waals surface area contributed by atoms with Crippen LogP contribution in [0.5, 0.6) is 0 Å². The van der Waals surface area contributed by atoms with Crippen molar-refractivity contribution in [3.8, 4) is 0 Å². The molecule has 0 aliphatic rings. The van der Waals surface area contributed by atoms with Gasteiger partial charge in [-0.1, -0.05) is 0 Å². The van der Waals surface area contributed by atoms with E-state index in [0.29, 0.717) is 0 Å². The number of hydrogen-bond donors (Lipinski definition) is 2. The SMILES string of the molecule is [2H]C([2H])([2H])C(O)n1ccc(C(N)=O)n1. The van der Waals surface area contributed by atoms with E-state index in [1.165, 1.54) is 12.3 Å². The highest BCUT2D eigenvalue weighted by atomic mass is 16.3. The van der Waals surface area contributed by atoms with Gasteiger partial charge in [0.2, 0.25) is 0 Å². The van der Waals surface area contributed by atoms with Gasteiger partial charge >= 0.3 is 0 Å². The lowest BCUT2D eigenvalue weighted by Crippen LogP contribution is -2.13. The minimum Gasteiger partial charge on any atom is -0.372 e. The molecule has 3 N–H and O–H groups in total. The number of rotatable bonds is 2. The van der Waals surface area contributed by atoms with Gasteiger partial charge in [0, 0.05) is 10.3 Å². The van der Waals surface area contributed by atoms with Crippen LogP contribution in [0.2, 0.25) is 0 Å². The third kappa shape index (κ3) is 1.56. The Morgan fingerprint density at radius 2 is 2.82 bits per heavy atom. The summed E-state index contributed by atoms with van der Waals surface area (Å²) in [6.07, 6.45) is -0.590. The van der Waals surface area contributed by atoms with Crippen LogP contribution in [0.25, 0.3) is 0 Å². The van der Waals surface area contributed by atoms with Crippen LogP contribution in [0.1, 0.15) is 27.7 Å². The van der Waals surface area contributed by atoms with Gasteiger partial charge in [-0.3, -0.25) is 4.79 Å². The van der Waals surface area contributed by atoms with Crippen LogP contribution in [0.3, 0.4) is 0 Å². The van der Waals surface area contributed by atoms with Gasteiger partial charge in [0.1, 0.15) is 11.9 Å². The van der Waals surface area contributed by atoms with E-state index >= 15 is 0 Å². The number of aromatic nitrogens is 2. The van der Waals surface area contributed by atoms with Crippen LogP contribution in [-0.2, 0) is 0 Å². The molecule has 11 heavy (non-hydrogen) atoms. The summed E-state index contributed by atoms with van der Waals surface area (Å²) in [6.45, 7) is -2.58. The molecule has 0 saturated carbocycles. The molecule has 0 aliphatic heterocycles. The standard InChI is InChI=1S/C6H9N3O2/c1-4(10)9-3-2-5(8-9)6(7)11/h2-4,10H,1H3,(H2,7,11)/i1D3. The van der Waals surface area contributed by atoms with E-state index in [4.69, 9.17) is 9.85 Å². The molecule has 0 aliphatic carbocycles. The Morgan fingerprint density at radius 1 is 2.09 bits per heavy atom. The maximum atomic E-state index is 10.6. The van der Waals surface area contributed by atoms with Crippen molar-refractivity contribution in [2.45, 2.75) is 13.1 Å². The predicted octanol–water partition coefficient (Wildman–Crippen LogP) is -0.507. The molecular weight excluding hydrogens is 146 g/mol. The maximum absolute atomic E-state index is 10.6. The first kappa shape index (κ1) is 4.50. The van der Waals surface area contributed by atoms with Gasteiger partial charge in [-0.15, -0.1) is 0 Å². The molecule has 1 amide bonds. The quantitative estimate of drug-likeness (QED) is 0.608. The lowest BCUT2D eigenvalue weighted by molar-refractivity contribution is 0.0978. The summed E-state index contributed by atoms with van der Waals surface area (Å²) in [6, 6.07) is 1.23. The lowest BCUT2D eigenvalue weighted by atomic mass is 10.4. The topological polar surface area (TPSA) is 81.1 Å². The maximum Gasteiger partial charge on any atom is 0.269 e. The molecule has 60 valence electrons. The van der Waals surface area contributed by atoms with Gasteiger partial charge in [-0.2, -0.15) is 5.10 Å². The fourth-order valence-electron chi connectivity index (χ4n) is 0.606. The summed E-state index contributed by atoms with van der Waals surface area (Å²) in [5, 5.41) is 12.7. The molecule has 1 aromatic heterocycles. The molecule has 5 heteroatoms. The Bertz CT molecular complexity index is 346.